The molecular weight excluding hydrogens is 402 g/mol. The molecule has 1 saturated carbocycles. The van der Waals surface area contributed by atoms with Crippen molar-refractivity contribution in [1.29, 1.82) is 0 Å². The summed E-state index contributed by atoms with van der Waals surface area (Å²) in [4.78, 5) is 26.2. The smallest absolute Gasteiger partial charge is 0.256 e. The Balaban J connectivity index is 1.72. The van der Waals surface area contributed by atoms with Crippen molar-refractivity contribution >= 4 is 26.8 Å². The largest absolute Gasteiger partial charge is 0.350 e. The molecule has 4 rings (SSSR count). The molecule has 0 bridgehead atoms. The number of nitrogens with one attached hydrogen (secondary N) is 1. The quantitative estimate of drug-likeness (QED) is 0.806. The van der Waals surface area contributed by atoms with Crippen LogP contribution in [0.15, 0.2) is 34.1 Å². The second-order valence-electron chi connectivity index (χ2n) is 8.61. The van der Waals surface area contributed by atoms with Gasteiger partial charge in [0.2, 0.25) is 15.5 Å². The number of carbonyl (C=O) groups excluding carboxylic acids is 1. The standard InChI is InChI=1S/C22H29N3O4S/c1-15-7-3-4-8-19(15)23-22(27)18-14-24(2)20-10-9-16(13-17(20)21(18)26)30(28,29)25-11-5-6-12-25/h9-10,13-15,19H,3-8,11-12H2,1-2H3,(H,23,27)/t15-,19+/m1/s1. The Kier molecular flexibility index (Phi) is 5.72. The molecule has 7 nitrogen and oxygen atoms in total. The lowest BCUT2D eigenvalue weighted by Crippen LogP contribution is -2.42. The molecule has 2 heterocycles. The summed E-state index contributed by atoms with van der Waals surface area (Å²) in [5.74, 6) is -0.00623. The van der Waals surface area contributed by atoms with Crippen molar-refractivity contribution in [3.05, 3.63) is 40.2 Å². The summed E-state index contributed by atoms with van der Waals surface area (Å²) in [7, 11) is -1.88. The minimum atomic E-state index is -3.64. The first kappa shape index (κ1) is 21.1. The van der Waals surface area contributed by atoms with E-state index in [0.29, 0.717) is 24.5 Å². The van der Waals surface area contributed by atoms with Gasteiger partial charge in [-0.3, -0.25) is 9.59 Å². The Labute approximate surface area is 177 Å². The predicted molar refractivity (Wildman–Crippen MR) is 116 cm³/mol. The zero-order valence-corrected chi connectivity index (χ0v) is 18.4. The van der Waals surface area contributed by atoms with Crippen LogP contribution in [0.5, 0.6) is 0 Å². The van der Waals surface area contributed by atoms with Crippen LogP contribution in [-0.2, 0) is 17.1 Å². The van der Waals surface area contributed by atoms with Gasteiger partial charge < -0.3 is 9.88 Å². The zero-order valence-electron chi connectivity index (χ0n) is 17.6. The van der Waals surface area contributed by atoms with E-state index in [-0.39, 0.29) is 27.8 Å². The molecule has 8 heteroatoms. The van der Waals surface area contributed by atoms with Crippen molar-refractivity contribution in [2.45, 2.75) is 56.4 Å². The summed E-state index contributed by atoms with van der Waals surface area (Å²) in [5, 5.41) is 3.28. The number of hydrogen-bond donors (Lipinski definition) is 1. The van der Waals surface area contributed by atoms with Gasteiger partial charge in [0.1, 0.15) is 5.56 Å². The highest BCUT2D eigenvalue weighted by atomic mass is 32.2. The van der Waals surface area contributed by atoms with E-state index in [4.69, 9.17) is 0 Å². The fourth-order valence-electron chi connectivity index (χ4n) is 4.65. The maximum Gasteiger partial charge on any atom is 0.256 e. The molecule has 1 N–H and O–H groups in total. The summed E-state index contributed by atoms with van der Waals surface area (Å²) in [5.41, 5.74) is 0.226. The van der Waals surface area contributed by atoms with Crippen molar-refractivity contribution in [1.82, 2.24) is 14.2 Å². The van der Waals surface area contributed by atoms with Gasteiger partial charge in [-0.2, -0.15) is 4.31 Å². The number of aryl methyl sites for hydroxylation is 1. The third kappa shape index (κ3) is 3.78. The number of pyridine rings is 1. The second kappa shape index (κ2) is 8.15. The molecule has 1 aromatic carbocycles. The van der Waals surface area contributed by atoms with Gasteiger partial charge in [0.15, 0.2) is 0 Å². The molecule has 1 aliphatic heterocycles. The van der Waals surface area contributed by atoms with Crippen molar-refractivity contribution in [3.63, 3.8) is 0 Å². The van der Waals surface area contributed by atoms with Gasteiger partial charge in [-0.15, -0.1) is 0 Å². The lowest BCUT2D eigenvalue weighted by Gasteiger charge is -2.29. The molecule has 1 amide bonds. The molecule has 162 valence electrons. The maximum absolute atomic E-state index is 13.2. The van der Waals surface area contributed by atoms with Gasteiger partial charge in [0.25, 0.3) is 5.91 Å². The van der Waals surface area contributed by atoms with Crippen LogP contribution in [0, 0.1) is 5.92 Å². The van der Waals surface area contributed by atoms with Gasteiger partial charge in [-0.1, -0.05) is 19.8 Å². The van der Waals surface area contributed by atoms with Gasteiger partial charge in [0, 0.05) is 37.8 Å². The fraction of sp³-hybridized carbons (Fsp3) is 0.545. The third-order valence-corrected chi connectivity index (χ3v) is 8.43. The summed E-state index contributed by atoms with van der Waals surface area (Å²) in [6.07, 6.45) is 7.46. The Hall–Kier alpha value is -2.19. The van der Waals surface area contributed by atoms with E-state index in [0.717, 1.165) is 32.1 Å². The zero-order chi connectivity index (χ0) is 21.5. The minimum Gasteiger partial charge on any atom is -0.350 e. The van der Waals surface area contributed by atoms with E-state index in [1.54, 1.807) is 29.9 Å². The van der Waals surface area contributed by atoms with Gasteiger partial charge in [-0.25, -0.2) is 8.42 Å². The van der Waals surface area contributed by atoms with Crippen LogP contribution in [-0.4, -0.2) is 42.3 Å². The number of aromatic nitrogens is 1. The van der Waals surface area contributed by atoms with Gasteiger partial charge in [-0.05, 0) is 49.8 Å². The Morgan fingerprint density at radius 3 is 2.50 bits per heavy atom. The minimum absolute atomic E-state index is 0.0542. The number of sulfonamides is 1. The lowest BCUT2D eigenvalue weighted by molar-refractivity contribution is 0.0908. The van der Waals surface area contributed by atoms with E-state index >= 15 is 0 Å². The molecular formula is C22H29N3O4S. The van der Waals surface area contributed by atoms with Gasteiger partial charge >= 0.3 is 0 Å². The van der Waals surface area contributed by atoms with Crippen LogP contribution >= 0.6 is 0 Å². The fourth-order valence-corrected chi connectivity index (χ4v) is 6.19. The van der Waals surface area contributed by atoms with Crippen LogP contribution in [0.25, 0.3) is 10.9 Å². The number of fused-ring (bicyclic) bond motifs is 1. The highest BCUT2D eigenvalue weighted by Gasteiger charge is 2.28. The molecule has 30 heavy (non-hydrogen) atoms. The van der Waals surface area contributed by atoms with E-state index < -0.39 is 15.5 Å². The summed E-state index contributed by atoms with van der Waals surface area (Å²) in [6.45, 7) is 3.12. The molecule has 2 atom stereocenters. The van der Waals surface area contributed by atoms with Gasteiger partial charge in [0.05, 0.1) is 10.4 Å². The SMILES string of the molecule is C[C@@H]1CCCC[C@@H]1NC(=O)c1cn(C)c2ccc(S(=O)(=O)N3CCCC3)cc2c1=O. The molecule has 0 spiro atoms. The molecule has 1 saturated heterocycles. The first-order chi connectivity index (χ1) is 14.3. The van der Waals surface area contributed by atoms with Crippen LogP contribution in [0.3, 0.4) is 0 Å². The second-order valence-corrected chi connectivity index (χ2v) is 10.6. The number of hydrogen-bond acceptors (Lipinski definition) is 4. The number of rotatable bonds is 4. The van der Waals surface area contributed by atoms with Crippen molar-refractivity contribution in [3.8, 4) is 0 Å². The molecule has 1 aliphatic carbocycles. The average molecular weight is 432 g/mol. The third-order valence-electron chi connectivity index (χ3n) is 6.54. The van der Waals surface area contributed by atoms with Crippen molar-refractivity contribution in [2.75, 3.05) is 13.1 Å². The molecule has 2 fully saturated rings. The Morgan fingerprint density at radius 1 is 1.10 bits per heavy atom. The van der Waals surface area contributed by atoms with Crippen LogP contribution < -0.4 is 10.7 Å². The number of carbonyl (C=O) groups is 1. The summed E-state index contributed by atoms with van der Waals surface area (Å²) < 4.78 is 29.0. The average Bonchev–Trinajstić information content (AvgIpc) is 3.28. The van der Waals surface area contributed by atoms with Crippen LogP contribution in [0.1, 0.15) is 55.8 Å². The van der Waals surface area contributed by atoms with E-state index in [1.807, 2.05) is 0 Å². The van der Waals surface area contributed by atoms with Crippen LogP contribution in [0.4, 0.5) is 0 Å². The molecule has 0 unspecified atom stereocenters. The molecule has 0 radical (unpaired) electrons. The maximum atomic E-state index is 13.2. The highest BCUT2D eigenvalue weighted by molar-refractivity contribution is 7.89. The molecule has 2 aliphatic rings. The van der Waals surface area contributed by atoms with Crippen LogP contribution in [0.2, 0.25) is 0 Å². The monoisotopic (exact) mass is 431 g/mol. The topological polar surface area (TPSA) is 88.5 Å². The van der Waals surface area contributed by atoms with E-state index in [9.17, 15) is 18.0 Å². The van der Waals surface area contributed by atoms with E-state index in [1.165, 1.54) is 16.8 Å². The highest BCUT2D eigenvalue weighted by Crippen LogP contribution is 2.25. The molecule has 2 aromatic rings. The first-order valence-electron chi connectivity index (χ1n) is 10.7. The van der Waals surface area contributed by atoms with E-state index in [2.05, 4.69) is 12.2 Å². The predicted octanol–water partition coefficient (Wildman–Crippen LogP) is 2.63. The van der Waals surface area contributed by atoms with Crippen molar-refractivity contribution < 1.29 is 13.2 Å². The van der Waals surface area contributed by atoms with Crippen molar-refractivity contribution in [2.24, 2.45) is 13.0 Å². The Bertz CT molecular complexity index is 1130. The summed E-state index contributed by atoms with van der Waals surface area (Å²) in [6, 6.07) is 4.67. The number of nitrogens with zero attached hydrogens (tertiary/aromatic N) is 2. The first-order valence-corrected chi connectivity index (χ1v) is 12.2. The Morgan fingerprint density at radius 2 is 1.80 bits per heavy atom. The normalized spacial score (nSPS) is 23.0. The lowest BCUT2D eigenvalue weighted by atomic mass is 9.86. The molecule has 1 aromatic heterocycles. The number of benzene rings is 1. The summed E-state index contributed by atoms with van der Waals surface area (Å²) >= 11 is 0. The number of amides is 1.